The number of nitrogens with zero attached hydrogens (tertiary/aromatic N) is 2. The summed E-state index contributed by atoms with van der Waals surface area (Å²) in [6.07, 6.45) is 0. The van der Waals surface area contributed by atoms with E-state index in [2.05, 4.69) is 20.3 Å². The van der Waals surface area contributed by atoms with Gasteiger partial charge in [0.1, 0.15) is 0 Å². The average molecular weight is 191 g/mol. The molecule has 1 rings (SSSR count). The van der Waals surface area contributed by atoms with E-state index in [1.807, 2.05) is 0 Å². The maximum Gasteiger partial charge on any atom is 0.274 e. The number of carbonyl (C=O) groups excluding carboxylic acids is 1. The van der Waals surface area contributed by atoms with E-state index in [4.69, 9.17) is 17.3 Å². The van der Waals surface area contributed by atoms with Gasteiger partial charge in [0.15, 0.2) is 0 Å². The molecule has 0 aliphatic heterocycles. The molecule has 0 aromatic carbocycles. The highest BCUT2D eigenvalue weighted by Crippen LogP contribution is 2.07. The van der Waals surface area contributed by atoms with Gasteiger partial charge >= 0.3 is 0 Å². The maximum absolute atomic E-state index is 10.6. The molecule has 0 saturated heterocycles. The van der Waals surface area contributed by atoms with E-state index in [1.54, 1.807) is 0 Å². The molecule has 1 heterocycles. The Morgan fingerprint density at radius 1 is 1.67 bits per heavy atom. The minimum atomic E-state index is -0.687. The molecule has 0 atom stereocenters. The minimum Gasteiger partial charge on any atom is -0.364 e. The van der Waals surface area contributed by atoms with E-state index in [9.17, 15) is 4.79 Å². The first-order valence-corrected chi connectivity index (χ1v) is 3.71. The molecule has 66 valence electrons. The fraction of sp³-hybridized carbons (Fsp3) is 0.400. The van der Waals surface area contributed by atoms with Crippen LogP contribution in [-0.4, -0.2) is 28.6 Å². The molecule has 0 bridgehead atoms. The van der Waals surface area contributed by atoms with Crippen LogP contribution in [0.15, 0.2) is 4.63 Å². The number of nitrogens with two attached hydrogens (primary N) is 1. The first-order chi connectivity index (χ1) is 5.75. The van der Waals surface area contributed by atoms with E-state index in [0.29, 0.717) is 12.4 Å². The second-order valence-corrected chi connectivity index (χ2v) is 2.32. The van der Waals surface area contributed by atoms with E-state index in [-0.39, 0.29) is 11.5 Å². The average Bonchev–Trinajstić information content (AvgIpc) is 2.48. The summed E-state index contributed by atoms with van der Waals surface area (Å²) in [5.74, 6) is -0.0677. The van der Waals surface area contributed by atoms with Crippen molar-refractivity contribution in [1.82, 2.24) is 10.3 Å². The SMILES string of the molecule is NC(=O)c1nonc1NCCCl. The first kappa shape index (κ1) is 8.79. The lowest BCUT2D eigenvalue weighted by molar-refractivity contribution is 0.0991. The van der Waals surface area contributed by atoms with Crippen molar-refractivity contribution >= 4 is 23.3 Å². The summed E-state index contributed by atoms with van der Waals surface area (Å²) >= 11 is 5.39. The number of carbonyl (C=O) groups is 1. The molecule has 0 unspecified atom stereocenters. The van der Waals surface area contributed by atoms with Gasteiger partial charge in [-0.3, -0.25) is 4.79 Å². The zero-order chi connectivity index (χ0) is 8.97. The van der Waals surface area contributed by atoms with Gasteiger partial charge in [-0.2, -0.15) is 0 Å². The Labute approximate surface area is 73.0 Å². The second-order valence-electron chi connectivity index (χ2n) is 1.94. The van der Waals surface area contributed by atoms with E-state index in [0.717, 1.165) is 0 Å². The first-order valence-electron chi connectivity index (χ1n) is 3.18. The van der Waals surface area contributed by atoms with Gasteiger partial charge in [-0.25, -0.2) is 4.63 Å². The van der Waals surface area contributed by atoms with Gasteiger partial charge in [-0.15, -0.1) is 11.6 Å². The van der Waals surface area contributed by atoms with Crippen LogP contribution in [0.3, 0.4) is 0 Å². The number of aromatic nitrogens is 2. The van der Waals surface area contributed by atoms with Crippen molar-refractivity contribution in [2.45, 2.75) is 0 Å². The second kappa shape index (κ2) is 3.91. The van der Waals surface area contributed by atoms with Crippen LogP contribution in [0.5, 0.6) is 0 Å². The molecule has 1 aromatic heterocycles. The quantitative estimate of drug-likeness (QED) is 0.643. The predicted octanol–water partition coefficient (Wildman–Crippen LogP) is -0.181. The molecule has 1 aromatic rings. The van der Waals surface area contributed by atoms with Crippen LogP contribution >= 0.6 is 11.6 Å². The van der Waals surface area contributed by atoms with Crippen LogP contribution in [0.4, 0.5) is 5.82 Å². The molecule has 0 aliphatic rings. The monoisotopic (exact) mass is 190 g/mol. The Bertz CT molecular complexity index is 274. The summed E-state index contributed by atoms with van der Waals surface area (Å²) in [5.41, 5.74) is 4.94. The fourth-order valence-corrected chi connectivity index (χ4v) is 0.726. The van der Waals surface area contributed by atoms with Crippen molar-refractivity contribution < 1.29 is 9.42 Å². The van der Waals surface area contributed by atoms with Crippen molar-refractivity contribution in [3.8, 4) is 0 Å². The number of halogens is 1. The molecule has 3 N–H and O–H groups in total. The Morgan fingerprint density at radius 3 is 3.00 bits per heavy atom. The molecule has 6 nitrogen and oxygen atoms in total. The topological polar surface area (TPSA) is 94.0 Å². The van der Waals surface area contributed by atoms with Crippen LogP contribution in [0.2, 0.25) is 0 Å². The lowest BCUT2D eigenvalue weighted by atomic mass is 10.4. The predicted molar refractivity (Wildman–Crippen MR) is 42.0 cm³/mol. The summed E-state index contributed by atoms with van der Waals surface area (Å²) in [7, 11) is 0. The van der Waals surface area contributed by atoms with Gasteiger partial charge < -0.3 is 11.1 Å². The molecule has 0 aliphatic carbocycles. The number of alkyl halides is 1. The van der Waals surface area contributed by atoms with Gasteiger partial charge in [0.05, 0.1) is 0 Å². The summed E-state index contributed by atoms with van der Waals surface area (Å²) in [5, 5.41) is 9.44. The van der Waals surface area contributed by atoms with Crippen molar-refractivity contribution in [2.24, 2.45) is 5.73 Å². The summed E-state index contributed by atoms with van der Waals surface area (Å²) in [6, 6.07) is 0. The Morgan fingerprint density at radius 2 is 2.42 bits per heavy atom. The number of hydrogen-bond acceptors (Lipinski definition) is 5. The maximum atomic E-state index is 10.6. The third-order valence-corrected chi connectivity index (χ3v) is 1.30. The zero-order valence-corrected chi connectivity index (χ0v) is 6.84. The van der Waals surface area contributed by atoms with Crippen molar-refractivity contribution in [1.29, 1.82) is 0 Å². The van der Waals surface area contributed by atoms with Crippen LogP contribution in [0.1, 0.15) is 10.5 Å². The lowest BCUT2D eigenvalue weighted by Gasteiger charge is -1.96. The van der Waals surface area contributed by atoms with Crippen LogP contribution in [0, 0.1) is 0 Å². The van der Waals surface area contributed by atoms with Gasteiger partial charge in [-0.05, 0) is 10.3 Å². The normalized spacial score (nSPS) is 9.75. The van der Waals surface area contributed by atoms with E-state index in [1.165, 1.54) is 0 Å². The van der Waals surface area contributed by atoms with Gasteiger partial charge in [0, 0.05) is 12.4 Å². The van der Waals surface area contributed by atoms with Crippen LogP contribution in [0.25, 0.3) is 0 Å². The number of anilines is 1. The third-order valence-electron chi connectivity index (χ3n) is 1.11. The van der Waals surface area contributed by atoms with Gasteiger partial charge in [0.2, 0.25) is 11.5 Å². The highest BCUT2D eigenvalue weighted by molar-refractivity contribution is 6.18. The van der Waals surface area contributed by atoms with Crippen molar-refractivity contribution in [2.75, 3.05) is 17.7 Å². The van der Waals surface area contributed by atoms with E-state index >= 15 is 0 Å². The molecule has 0 saturated carbocycles. The molecule has 1 amide bonds. The molecule has 7 heteroatoms. The molecule has 0 spiro atoms. The fourth-order valence-electron chi connectivity index (χ4n) is 0.632. The Balaban J connectivity index is 2.70. The molecular weight excluding hydrogens is 184 g/mol. The number of hydrogen-bond donors (Lipinski definition) is 2. The minimum absolute atomic E-state index is 0.0138. The smallest absolute Gasteiger partial charge is 0.274 e. The van der Waals surface area contributed by atoms with Crippen LogP contribution < -0.4 is 11.1 Å². The van der Waals surface area contributed by atoms with Gasteiger partial charge in [-0.1, -0.05) is 0 Å². The summed E-state index contributed by atoms with van der Waals surface area (Å²) < 4.78 is 4.30. The Kier molecular flexibility index (Phi) is 2.87. The largest absolute Gasteiger partial charge is 0.364 e. The van der Waals surface area contributed by atoms with Crippen molar-refractivity contribution in [3.63, 3.8) is 0 Å². The van der Waals surface area contributed by atoms with Crippen molar-refractivity contribution in [3.05, 3.63) is 5.69 Å². The third kappa shape index (κ3) is 1.85. The molecule has 0 fully saturated rings. The number of amides is 1. The number of primary amides is 1. The highest BCUT2D eigenvalue weighted by Gasteiger charge is 2.13. The summed E-state index contributed by atoms with van der Waals surface area (Å²) in [6.45, 7) is 0.468. The number of nitrogens with one attached hydrogen (secondary N) is 1. The highest BCUT2D eigenvalue weighted by atomic mass is 35.5. The molecule has 0 radical (unpaired) electrons. The molecule has 12 heavy (non-hydrogen) atoms. The lowest BCUT2D eigenvalue weighted by Crippen LogP contribution is -2.15. The Hall–Kier alpha value is -1.30. The zero-order valence-electron chi connectivity index (χ0n) is 6.08. The summed E-state index contributed by atoms with van der Waals surface area (Å²) in [4.78, 5) is 10.6. The van der Waals surface area contributed by atoms with E-state index < -0.39 is 5.91 Å². The number of rotatable bonds is 4. The molecular formula is C5H7ClN4O2. The van der Waals surface area contributed by atoms with Crippen LogP contribution in [-0.2, 0) is 0 Å². The van der Waals surface area contributed by atoms with Gasteiger partial charge in [0.25, 0.3) is 5.91 Å². The standard InChI is InChI=1S/C5H7ClN4O2/c6-1-2-8-5-3(4(7)11)9-12-10-5/h1-2H2,(H2,7,11)(H,8,10).